The van der Waals surface area contributed by atoms with Gasteiger partial charge in [-0.1, -0.05) is 0 Å². The molecule has 2 aromatic heterocycles. The number of nitrogen functional groups attached to an aromatic ring is 1. The highest BCUT2D eigenvalue weighted by molar-refractivity contribution is 7.89. The highest BCUT2D eigenvalue weighted by Gasteiger charge is 2.41. The molecule has 13 heteroatoms. The van der Waals surface area contributed by atoms with Gasteiger partial charge in [0.1, 0.15) is 5.56 Å². The Morgan fingerprint density at radius 1 is 1.26 bits per heavy atom. The molecule has 3 aliphatic rings. The van der Waals surface area contributed by atoms with Crippen molar-refractivity contribution in [1.82, 2.24) is 29.5 Å². The number of anilines is 1. The second-order valence-corrected chi connectivity index (χ2v) is 12.2. The molecular weight excluding hydrogens is 510 g/mol. The summed E-state index contributed by atoms with van der Waals surface area (Å²) in [5, 5.41) is 16.6. The second-order valence-electron chi connectivity index (χ2n) is 10.4. The summed E-state index contributed by atoms with van der Waals surface area (Å²) in [7, 11) is -2.65. The van der Waals surface area contributed by atoms with Crippen LogP contribution >= 0.6 is 0 Å². The minimum Gasteiger partial charge on any atom is -0.393 e. The Balaban J connectivity index is 1.43. The highest BCUT2D eigenvalue weighted by atomic mass is 32.2. The van der Waals surface area contributed by atoms with Gasteiger partial charge in [-0.25, -0.2) is 22.6 Å². The van der Waals surface area contributed by atoms with Gasteiger partial charge in [-0.3, -0.25) is 9.59 Å². The van der Waals surface area contributed by atoms with Crippen molar-refractivity contribution in [2.45, 2.75) is 62.2 Å². The number of fused-ring (bicyclic) bond motifs is 2. The van der Waals surface area contributed by atoms with Crippen molar-refractivity contribution in [3.63, 3.8) is 0 Å². The molecule has 6 rings (SSSR count). The topological polar surface area (TPSA) is 172 Å². The summed E-state index contributed by atoms with van der Waals surface area (Å²) in [4.78, 5) is 32.6. The van der Waals surface area contributed by atoms with E-state index in [0.717, 1.165) is 12.8 Å². The Bertz CT molecular complexity index is 1590. The zero-order valence-corrected chi connectivity index (χ0v) is 21.8. The van der Waals surface area contributed by atoms with Crippen LogP contribution in [0.3, 0.4) is 0 Å². The van der Waals surface area contributed by atoms with Crippen molar-refractivity contribution in [3.05, 3.63) is 41.1 Å². The lowest BCUT2D eigenvalue weighted by atomic mass is 9.89. The van der Waals surface area contributed by atoms with Crippen molar-refractivity contribution in [2.75, 3.05) is 12.8 Å². The molecule has 0 radical (unpaired) electrons. The molecule has 3 heterocycles. The minimum absolute atomic E-state index is 0.00901. The van der Waals surface area contributed by atoms with Gasteiger partial charge in [0, 0.05) is 30.4 Å². The predicted octanol–water partition coefficient (Wildman–Crippen LogP) is 0.894. The Kier molecular flexibility index (Phi) is 5.70. The summed E-state index contributed by atoms with van der Waals surface area (Å²) in [5.74, 6) is -0.287. The van der Waals surface area contributed by atoms with Crippen LogP contribution in [0.5, 0.6) is 0 Å². The van der Waals surface area contributed by atoms with E-state index in [4.69, 9.17) is 5.73 Å². The van der Waals surface area contributed by atoms with E-state index in [-0.39, 0.29) is 45.5 Å². The quantitative estimate of drug-likeness (QED) is 0.343. The Labute approximate surface area is 219 Å². The smallest absolute Gasteiger partial charge is 0.259 e. The van der Waals surface area contributed by atoms with Crippen LogP contribution in [0.25, 0.3) is 16.9 Å². The lowest BCUT2D eigenvalue weighted by Gasteiger charge is -2.31. The zero-order chi connectivity index (χ0) is 26.9. The van der Waals surface area contributed by atoms with Gasteiger partial charge in [0.15, 0.2) is 11.5 Å². The number of nitrogens with one attached hydrogen (secondary N) is 2. The number of rotatable bonds is 7. The van der Waals surface area contributed by atoms with Crippen molar-refractivity contribution in [2.24, 2.45) is 5.92 Å². The van der Waals surface area contributed by atoms with E-state index >= 15 is 0 Å². The fourth-order valence-electron chi connectivity index (χ4n) is 5.36. The lowest BCUT2D eigenvalue weighted by molar-refractivity contribution is 0.0563. The Morgan fingerprint density at radius 3 is 2.66 bits per heavy atom. The summed E-state index contributed by atoms with van der Waals surface area (Å²) < 4.78 is 29.8. The van der Waals surface area contributed by atoms with Gasteiger partial charge in [-0.15, -0.1) is 5.10 Å². The maximum atomic E-state index is 13.4. The standard InChI is InChI=1S/C25H29N7O5S/c1-12(13-3-4-13)31-11-15-7-14(8-19(20(15)25(31)35)38(36,37)27-2)18-5-6-32-23(29-18)21(22(26)30-32)24(34)28-16-9-17(33)10-16/h5-8,12-13,16-17,27,33H,3-4,9-11H2,1-2H3,(H2,26,30)(H,28,34)/t12?,16-,17-. The first-order valence-corrected chi connectivity index (χ1v) is 14.1. The van der Waals surface area contributed by atoms with Gasteiger partial charge in [0.2, 0.25) is 10.0 Å². The van der Waals surface area contributed by atoms with Crippen LogP contribution in [0.1, 0.15) is 58.9 Å². The maximum absolute atomic E-state index is 13.4. The maximum Gasteiger partial charge on any atom is 0.259 e. The van der Waals surface area contributed by atoms with Gasteiger partial charge in [0.25, 0.3) is 11.8 Å². The number of hydrogen-bond donors (Lipinski definition) is 4. The van der Waals surface area contributed by atoms with Crippen LogP contribution < -0.4 is 15.8 Å². The van der Waals surface area contributed by atoms with Gasteiger partial charge in [0.05, 0.1) is 22.3 Å². The van der Waals surface area contributed by atoms with Crippen LogP contribution in [0.15, 0.2) is 29.3 Å². The molecule has 12 nitrogen and oxygen atoms in total. The molecule has 3 aromatic rings. The second kappa shape index (κ2) is 8.75. The number of sulfonamides is 1. The molecule has 1 aromatic carbocycles. The molecule has 0 saturated heterocycles. The molecule has 2 fully saturated rings. The molecule has 2 amide bonds. The molecule has 2 aliphatic carbocycles. The van der Waals surface area contributed by atoms with Crippen molar-refractivity contribution >= 4 is 33.3 Å². The normalized spacial score (nSPS) is 21.9. The number of carbonyl (C=O) groups excluding carboxylic acids is 2. The third-order valence-corrected chi connectivity index (χ3v) is 9.28. The first-order valence-electron chi connectivity index (χ1n) is 12.6. The summed E-state index contributed by atoms with van der Waals surface area (Å²) in [6.45, 7) is 2.32. The number of nitrogens with two attached hydrogens (primary N) is 1. The average molecular weight is 540 g/mol. The zero-order valence-electron chi connectivity index (χ0n) is 21.0. The third-order valence-electron chi connectivity index (χ3n) is 7.84. The average Bonchev–Trinajstić information content (AvgIpc) is 3.59. The molecule has 0 bridgehead atoms. The van der Waals surface area contributed by atoms with Gasteiger partial charge in [-0.2, -0.15) is 0 Å². The third kappa shape index (κ3) is 4.01. The van der Waals surface area contributed by atoms with E-state index in [1.807, 2.05) is 6.92 Å². The molecule has 2 saturated carbocycles. The molecule has 5 N–H and O–H groups in total. The number of carbonyl (C=O) groups is 2. The van der Waals surface area contributed by atoms with Gasteiger partial charge >= 0.3 is 0 Å². The first-order chi connectivity index (χ1) is 18.1. The largest absolute Gasteiger partial charge is 0.393 e. The van der Waals surface area contributed by atoms with E-state index in [1.165, 1.54) is 17.6 Å². The molecule has 38 heavy (non-hydrogen) atoms. The SMILES string of the molecule is CNS(=O)(=O)c1cc(-c2ccn3nc(N)c(C(=O)N[C@H]4C[C@H](O)C4)c3n2)cc2c1C(=O)N(C(C)C1CC1)C2. The number of benzene rings is 1. The molecule has 1 atom stereocenters. The molecule has 0 spiro atoms. The number of aromatic nitrogens is 3. The molecule has 1 unspecified atom stereocenters. The Hall–Kier alpha value is -3.55. The number of aliphatic hydroxyl groups is 1. The van der Waals surface area contributed by atoms with Crippen molar-refractivity contribution in [3.8, 4) is 11.3 Å². The number of aliphatic hydroxyl groups excluding tert-OH is 1. The molecular formula is C25H29N7O5S. The van der Waals surface area contributed by atoms with E-state index < -0.39 is 22.0 Å². The summed E-state index contributed by atoms with van der Waals surface area (Å²) in [6, 6.07) is 4.75. The predicted molar refractivity (Wildman–Crippen MR) is 138 cm³/mol. The fourth-order valence-corrected chi connectivity index (χ4v) is 6.35. The minimum atomic E-state index is -3.96. The number of nitrogens with zero attached hydrogens (tertiary/aromatic N) is 4. The summed E-state index contributed by atoms with van der Waals surface area (Å²) >= 11 is 0. The number of hydrogen-bond acceptors (Lipinski definition) is 8. The van der Waals surface area contributed by atoms with E-state index in [0.29, 0.717) is 42.1 Å². The van der Waals surface area contributed by atoms with Crippen LogP contribution in [0.2, 0.25) is 0 Å². The van der Waals surface area contributed by atoms with E-state index in [9.17, 15) is 23.1 Å². The molecule has 1 aliphatic heterocycles. The number of amides is 2. The van der Waals surface area contributed by atoms with Crippen LogP contribution in [0.4, 0.5) is 5.82 Å². The van der Waals surface area contributed by atoms with E-state index in [1.54, 1.807) is 23.2 Å². The first kappa shape index (κ1) is 24.8. The highest BCUT2D eigenvalue weighted by Crippen LogP contribution is 2.40. The lowest BCUT2D eigenvalue weighted by Crippen LogP contribution is -2.46. The van der Waals surface area contributed by atoms with Crippen LogP contribution in [-0.2, 0) is 16.6 Å². The van der Waals surface area contributed by atoms with Crippen LogP contribution in [0, 0.1) is 5.92 Å². The molecule has 200 valence electrons. The summed E-state index contributed by atoms with van der Waals surface area (Å²) in [6.07, 6.45) is 4.23. The van der Waals surface area contributed by atoms with Crippen molar-refractivity contribution in [1.29, 1.82) is 0 Å². The summed E-state index contributed by atoms with van der Waals surface area (Å²) in [5.41, 5.74) is 8.08. The van der Waals surface area contributed by atoms with Crippen LogP contribution in [-0.4, -0.2) is 70.1 Å². The van der Waals surface area contributed by atoms with E-state index in [2.05, 4.69) is 20.1 Å². The monoisotopic (exact) mass is 539 g/mol. The van der Waals surface area contributed by atoms with Gasteiger partial charge < -0.3 is 21.1 Å². The van der Waals surface area contributed by atoms with Crippen molar-refractivity contribution < 1.29 is 23.1 Å². The Morgan fingerprint density at radius 2 is 2.00 bits per heavy atom. The fraction of sp³-hybridized carbons (Fsp3) is 0.440. The van der Waals surface area contributed by atoms with Gasteiger partial charge in [-0.05, 0) is 69.3 Å².